The van der Waals surface area contributed by atoms with Crippen LogP contribution in [0.5, 0.6) is 0 Å². The first-order chi connectivity index (χ1) is 6.13. The molecular formula is C11H19NO. The van der Waals surface area contributed by atoms with Crippen LogP contribution in [0.25, 0.3) is 0 Å². The van der Waals surface area contributed by atoms with E-state index >= 15 is 0 Å². The summed E-state index contributed by atoms with van der Waals surface area (Å²) in [7, 11) is 1.73. The van der Waals surface area contributed by atoms with Crippen molar-refractivity contribution in [1.29, 1.82) is 0 Å². The molecule has 0 spiro atoms. The van der Waals surface area contributed by atoms with E-state index in [9.17, 15) is 0 Å². The van der Waals surface area contributed by atoms with Gasteiger partial charge in [-0.2, -0.15) is 0 Å². The SMILES string of the molecule is COC1=CC=C(NC(C)C)C(C)C1. The van der Waals surface area contributed by atoms with Crippen molar-refractivity contribution < 1.29 is 4.74 Å². The summed E-state index contributed by atoms with van der Waals surface area (Å²) in [6.07, 6.45) is 5.17. The normalized spacial score (nSPS) is 22.4. The van der Waals surface area contributed by atoms with Gasteiger partial charge >= 0.3 is 0 Å². The lowest BCUT2D eigenvalue weighted by Crippen LogP contribution is -2.27. The molecule has 0 bridgehead atoms. The quantitative estimate of drug-likeness (QED) is 0.722. The summed E-state index contributed by atoms with van der Waals surface area (Å²) in [6, 6.07) is 0.506. The number of hydrogen-bond donors (Lipinski definition) is 1. The largest absolute Gasteiger partial charge is 0.501 e. The predicted octanol–water partition coefficient (Wildman–Crippen LogP) is 2.44. The summed E-state index contributed by atoms with van der Waals surface area (Å²) in [6.45, 7) is 6.53. The number of allylic oxidation sites excluding steroid dienone is 4. The van der Waals surface area contributed by atoms with Gasteiger partial charge in [-0.15, -0.1) is 0 Å². The van der Waals surface area contributed by atoms with Crippen molar-refractivity contribution in [2.75, 3.05) is 7.11 Å². The summed E-state index contributed by atoms with van der Waals surface area (Å²) in [4.78, 5) is 0. The lowest BCUT2D eigenvalue weighted by Gasteiger charge is -2.23. The van der Waals surface area contributed by atoms with Gasteiger partial charge in [-0.3, -0.25) is 0 Å². The molecule has 0 fully saturated rings. The van der Waals surface area contributed by atoms with E-state index in [-0.39, 0.29) is 0 Å². The molecule has 0 aromatic rings. The highest BCUT2D eigenvalue weighted by Crippen LogP contribution is 2.23. The summed E-state index contributed by atoms with van der Waals surface area (Å²) < 4.78 is 5.20. The minimum Gasteiger partial charge on any atom is -0.501 e. The molecule has 13 heavy (non-hydrogen) atoms. The van der Waals surface area contributed by atoms with Crippen LogP contribution in [0.1, 0.15) is 27.2 Å². The van der Waals surface area contributed by atoms with E-state index in [2.05, 4.69) is 32.2 Å². The third-order valence-corrected chi connectivity index (χ3v) is 2.20. The van der Waals surface area contributed by atoms with Crippen LogP contribution in [0.2, 0.25) is 0 Å². The van der Waals surface area contributed by atoms with E-state index in [1.165, 1.54) is 5.70 Å². The molecule has 0 aliphatic heterocycles. The first kappa shape index (κ1) is 10.2. The van der Waals surface area contributed by atoms with Crippen molar-refractivity contribution in [3.8, 4) is 0 Å². The molecule has 1 atom stereocenters. The zero-order chi connectivity index (χ0) is 9.84. The van der Waals surface area contributed by atoms with E-state index in [1.54, 1.807) is 7.11 Å². The molecule has 1 N–H and O–H groups in total. The summed E-state index contributed by atoms with van der Waals surface area (Å²) in [5.41, 5.74) is 1.32. The van der Waals surface area contributed by atoms with Crippen LogP contribution in [-0.2, 0) is 4.74 Å². The van der Waals surface area contributed by atoms with E-state index in [0.29, 0.717) is 12.0 Å². The van der Waals surface area contributed by atoms with Crippen molar-refractivity contribution in [3.05, 3.63) is 23.6 Å². The fourth-order valence-electron chi connectivity index (χ4n) is 1.50. The molecule has 0 heterocycles. The Kier molecular flexibility index (Phi) is 3.40. The summed E-state index contributed by atoms with van der Waals surface area (Å²) in [5, 5.41) is 3.44. The van der Waals surface area contributed by atoms with Gasteiger partial charge in [-0.25, -0.2) is 0 Å². The van der Waals surface area contributed by atoms with Gasteiger partial charge in [0.25, 0.3) is 0 Å². The van der Waals surface area contributed by atoms with Gasteiger partial charge in [0.1, 0.15) is 0 Å². The molecule has 0 aromatic heterocycles. The molecule has 2 heteroatoms. The van der Waals surface area contributed by atoms with Gasteiger partial charge in [0.15, 0.2) is 0 Å². The average Bonchev–Trinajstić information content (AvgIpc) is 2.08. The van der Waals surface area contributed by atoms with Gasteiger partial charge in [-0.05, 0) is 26.0 Å². The smallest absolute Gasteiger partial charge is 0.0962 e. The number of hydrogen-bond acceptors (Lipinski definition) is 2. The number of nitrogens with one attached hydrogen (secondary N) is 1. The van der Waals surface area contributed by atoms with Gasteiger partial charge in [0.2, 0.25) is 0 Å². The Morgan fingerprint density at radius 2 is 2.15 bits per heavy atom. The Balaban J connectivity index is 2.64. The number of methoxy groups -OCH3 is 1. The zero-order valence-electron chi connectivity index (χ0n) is 8.92. The van der Waals surface area contributed by atoms with E-state index in [1.807, 2.05) is 6.08 Å². The molecular weight excluding hydrogens is 162 g/mol. The predicted molar refractivity (Wildman–Crippen MR) is 55.2 cm³/mol. The Bertz CT molecular complexity index is 228. The minimum absolute atomic E-state index is 0.506. The highest BCUT2D eigenvalue weighted by atomic mass is 16.5. The van der Waals surface area contributed by atoms with Gasteiger partial charge < -0.3 is 10.1 Å². The van der Waals surface area contributed by atoms with Crippen molar-refractivity contribution in [1.82, 2.24) is 5.32 Å². The van der Waals surface area contributed by atoms with Crippen molar-refractivity contribution in [3.63, 3.8) is 0 Å². The van der Waals surface area contributed by atoms with Crippen LogP contribution in [-0.4, -0.2) is 13.2 Å². The standard InChI is InChI=1S/C11H19NO/c1-8(2)12-11-6-5-10(13-4)7-9(11)3/h5-6,8-9,12H,7H2,1-4H3. The first-order valence-corrected chi connectivity index (χ1v) is 4.84. The first-order valence-electron chi connectivity index (χ1n) is 4.84. The van der Waals surface area contributed by atoms with Crippen LogP contribution >= 0.6 is 0 Å². The Morgan fingerprint density at radius 1 is 1.46 bits per heavy atom. The van der Waals surface area contributed by atoms with Crippen LogP contribution in [0, 0.1) is 5.92 Å². The second kappa shape index (κ2) is 4.35. The fourth-order valence-corrected chi connectivity index (χ4v) is 1.50. The van der Waals surface area contributed by atoms with Crippen molar-refractivity contribution in [2.24, 2.45) is 5.92 Å². The second-order valence-electron chi connectivity index (χ2n) is 3.86. The lowest BCUT2D eigenvalue weighted by molar-refractivity contribution is 0.263. The van der Waals surface area contributed by atoms with Gasteiger partial charge in [0.05, 0.1) is 12.9 Å². The van der Waals surface area contributed by atoms with Crippen LogP contribution in [0.15, 0.2) is 23.6 Å². The molecule has 2 nitrogen and oxygen atoms in total. The maximum Gasteiger partial charge on any atom is 0.0962 e. The Hall–Kier alpha value is -0.920. The molecule has 0 saturated heterocycles. The lowest BCUT2D eigenvalue weighted by atomic mass is 9.97. The minimum atomic E-state index is 0.506. The maximum atomic E-state index is 5.20. The molecule has 1 rings (SSSR count). The molecule has 0 aromatic carbocycles. The van der Waals surface area contributed by atoms with Crippen LogP contribution in [0.3, 0.4) is 0 Å². The van der Waals surface area contributed by atoms with Crippen molar-refractivity contribution >= 4 is 0 Å². The van der Waals surface area contributed by atoms with Crippen molar-refractivity contribution in [2.45, 2.75) is 33.2 Å². The monoisotopic (exact) mass is 181 g/mol. The fraction of sp³-hybridized carbons (Fsp3) is 0.636. The highest BCUT2D eigenvalue weighted by Gasteiger charge is 2.15. The Morgan fingerprint density at radius 3 is 2.62 bits per heavy atom. The van der Waals surface area contributed by atoms with Crippen LogP contribution < -0.4 is 5.32 Å². The van der Waals surface area contributed by atoms with Crippen LogP contribution in [0.4, 0.5) is 0 Å². The van der Waals surface area contributed by atoms with Gasteiger partial charge in [-0.1, -0.05) is 6.92 Å². The van der Waals surface area contributed by atoms with E-state index in [0.717, 1.165) is 12.2 Å². The zero-order valence-corrected chi connectivity index (χ0v) is 8.92. The molecule has 0 amide bonds. The van der Waals surface area contributed by atoms with E-state index in [4.69, 9.17) is 4.74 Å². The Labute approximate surface area is 80.7 Å². The molecule has 1 unspecified atom stereocenters. The summed E-state index contributed by atoms with van der Waals surface area (Å²) in [5.74, 6) is 1.61. The van der Waals surface area contributed by atoms with Gasteiger partial charge in [0, 0.05) is 24.1 Å². The molecule has 1 aliphatic rings. The highest BCUT2D eigenvalue weighted by molar-refractivity contribution is 5.22. The molecule has 1 aliphatic carbocycles. The average molecular weight is 181 g/mol. The van der Waals surface area contributed by atoms with E-state index < -0.39 is 0 Å². The molecule has 0 radical (unpaired) electrons. The molecule has 74 valence electrons. The molecule has 0 saturated carbocycles. The third kappa shape index (κ3) is 2.79. The topological polar surface area (TPSA) is 21.3 Å². The third-order valence-electron chi connectivity index (χ3n) is 2.20. The second-order valence-corrected chi connectivity index (χ2v) is 3.86. The maximum absolute atomic E-state index is 5.20. The number of ether oxygens (including phenoxy) is 1. The number of rotatable bonds is 3. The summed E-state index contributed by atoms with van der Waals surface area (Å²) >= 11 is 0.